The lowest BCUT2D eigenvalue weighted by molar-refractivity contribution is 1.37. The van der Waals surface area contributed by atoms with Gasteiger partial charge in [0.05, 0.1) is 0 Å². The molecule has 0 aliphatic carbocycles. The van der Waals surface area contributed by atoms with Crippen molar-refractivity contribution in [3.8, 4) is 0 Å². The second-order valence-corrected chi connectivity index (χ2v) is 4.05. The highest BCUT2D eigenvalue weighted by Crippen LogP contribution is 2.19. The van der Waals surface area contributed by atoms with Crippen LogP contribution in [-0.2, 0) is 0 Å². The van der Waals surface area contributed by atoms with E-state index in [9.17, 15) is 0 Å². The molecule has 0 bridgehead atoms. The van der Waals surface area contributed by atoms with Gasteiger partial charge in [0.2, 0.25) is 0 Å². The van der Waals surface area contributed by atoms with Crippen LogP contribution in [0.2, 0.25) is 0 Å². The molecule has 1 aromatic rings. The fourth-order valence-electron chi connectivity index (χ4n) is 1.23. The minimum absolute atomic E-state index is 0.603. The highest BCUT2D eigenvalue weighted by atomic mass is 35.5. The van der Waals surface area contributed by atoms with E-state index >= 15 is 0 Å². The van der Waals surface area contributed by atoms with Crippen LogP contribution in [0.15, 0.2) is 35.4 Å². The average molecular weight is 207 g/mol. The van der Waals surface area contributed by atoms with Crippen LogP contribution < -0.4 is 0 Å². The summed E-state index contributed by atoms with van der Waals surface area (Å²) in [6.45, 7) is 9.85. The van der Waals surface area contributed by atoms with Gasteiger partial charge in [-0.2, -0.15) is 0 Å². The Morgan fingerprint density at radius 3 is 2.57 bits per heavy atom. The van der Waals surface area contributed by atoms with Crippen LogP contribution in [-0.4, -0.2) is 0 Å². The van der Waals surface area contributed by atoms with Crippen LogP contribution >= 0.6 is 11.6 Å². The number of hydrogen-bond acceptors (Lipinski definition) is 0. The van der Waals surface area contributed by atoms with Crippen LogP contribution in [0, 0.1) is 13.8 Å². The maximum atomic E-state index is 5.81. The molecule has 0 aliphatic rings. The number of allylic oxidation sites excluding steroid dienone is 2. The van der Waals surface area contributed by atoms with Crippen molar-refractivity contribution in [2.75, 3.05) is 0 Å². The summed E-state index contributed by atoms with van der Waals surface area (Å²) < 4.78 is 0. The Bertz CT molecular complexity index is 386. The normalized spacial score (nSPS) is 11.6. The Morgan fingerprint density at radius 1 is 1.36 bits per heavy atom. The fraction of sp³-hybridized carbons (Fsp3) is 0.231. The summed E-state index contributed by atoms with van der Waals surface area (Å²) in [6, 6.07) is 6.38. The van der Waals surface area contributed by atoms with E-state index in [0.717, 1.165) is 5.57 Å². The van der Waals surface area contributed by atoms with Crippen molar-refractivity contribution in [3.63, 3.8) is 0 Å². The molecule has 0 amide bonds. The van der Waals surface area contributed by atoms with E-state index in [1.807, 2.05) is 6.92 Å². The SMILES string of the molecule is C=C(Cl)/C(C)=C\c1cc(C)ccc1C. The highest BCUT2D eigenvalue weighted by molar-refractivity contribution is 6.31. The van der Waals surface area contributed by atoms with Gasteiger partial charge in [-0.05, 0) is 37.5 Å². The van der Waals surface area contributed by atoms with E-state index in [2.05, 4.69) is 44.7 Å². The molecule has 0 saturated carbocycles. The molecule has 14 heavy (non-hydrogen) atoms. The zero-order valence-electron chi connectivity index (χ0n) is 8.89. The number of aryl methyl sites for hydroxylation is 2. The molecule has 74 valence electrons. The van der Waals surface area contributed by atoms with Gasteiger partial charge in [-0.1, -0.05) is 48.0 Å². The molecule has 1 rings (SSSR count). The number of rotatable bonds is 2. The molecule has 0 saturated heterocycles. The third-order valence-corrected chi connectivity index (χ3v) is 2.53. The van der Waals surface area contributed by atoms with Crippen molar-refractivity contribution in [1.82, 2.24) is 0 Å². The van der Waals surface area contributed by atoms with Crippen LogP contribution in [0.5, 0.6) is 0 Å². The lowest BCUT2D eigenvalue weighted by Crippen LogP contribution is -1.84. The first-order chi connectivity index (χ1) is 6.50. The second kappa shape index (κ2) is 4.47. The van der Waals surface area contributed by atoms with Gasteiger partial charge >= 0.3 is 0 Å². The highest BCUT2D eigenvalue weighted by Gasteiger charge is 1.97. The quantitative estimate of drug-likeness (QED) is 0.627. The number of hydrogen-bond donors (Lipinski definition) is 0. The lowest BCUT2D eigenvalue weighted by Gasteiger charge is -2.03. The predicted octanol–water partition coefficient (Wildman–Crippen LogP) is 4.46. The predicted molar refractivity (Wildman–Crippen MR) is 64.6 cm³/mol. The summed E-state index contributed by atoms with van der Waals surface area (Å²) >= 11 is 5.81. The van der Waals surface area contributed by atoms with Gasteiger partial charge < -0.3 is 0 Å². The molecule has 0 unspecified atom stereocenters. The Hall–Kier alpha value is -1.01. The molecule has 0 heterocycles. The molecule has 0 spiro atoms. The monoisotopic (exact) mass is 206 g/mol. The molecule has 1 heteroatoms. The minimum atomic E-state index is 0.603. The van der Waals surface area contributed by atoms with Gasteiger partial charge in [0, 0.05) is 5.03 Å². The summed E-state index contributed by atoms with van der Waals surface area (Å²) in [5, 5.41) is 0.603. The molecular formula is C13H15Cl. The summed E-state index contributed by atoms with van der Waals surface area (Å²) in [5.74, 6) is 0. The standard InChI is InChI=1S/C13H15Cl/c1-9-5-6-10(2)13(7-9)8-11(3)12(4)14/h5-8H,4H2,1-3H3/b11-8-. The molecule has 0 nitrogen and oxygen atoms in total. The summed E-state index contributed by atoms with van der Waals surface area (Å²) in [5.41, 5.74) is 4.74. The van der Waals surface area contributed by atoms with Gasteiger partial charge in [-0.3, -0.25) is 0 Å². The topological polar surface area (TPSA) is 0 Å². The number of halogens is 1. The van der Waals surface area contributed by atoms with E-state index in [1.165, 1.54) is 16.7 Å². The molecule has 1 aromatic carbocycles. The van der Waals surface area contributed by atoms with Gasteiger partial charge in [0.25, 0.3) is 0 Å². The van der Waals surface area contributed by atoms with Crippen LogP contribution in [0.3, 0.4) is 0 Å². The maximum absolute atomic E-state index is 5.81. The van der Waals surface area contributed by atoms with Gasteiger partial charge in [0.1, 0.15) is 0 Å². The minimum Gasteiger partial charge on any atom is -0.0847 e. The van der Waals surface area contributed by atoms with Crippen molar-refractivity contribution < 1.29 is 0 Å². The van der Waals surface area contributed by atoms with E-state index in [1.54, 1.807) is 0 Å². The van der Waals surface area contributed by atoms with Gasteiger partial charge in [-0.25, -0.2) is 0 Å². The maximum Gasteiger partial charge on any atom is 0.0363 e. The first-order valence-corrected chi connectivity index (χ1v) is 4.99. The molecule has 0 fully saturated rings. The summed E-state index contributed by atoms with van der Waals surface area (Å²) in [6.07, 6.45) is 2.07. The largest absolute Gasteiger partial charge is 0.0847 e. The summed E-state index contributed by atoms with van der Waals surface area (Å²) in [4.78, 5) is 0. The first kappa shape index (κ1) is 11.1. The second-order valence-electron chi connectivity index (χ2n) is 3.59. The van der Waals surface area contributed by atoms with Gasteiger partial charge in [-0.15, -0.1) is 0 Å². The smallest absolute Gasteiger partial charge is 0.0363 e. The lowest BCUT2D eigenvalue weighted by atomic mass is 10.0. The molecule has 0 aliphatic heterocycles. The van der Waals surface area contributed by atoms with Crippen molar-refractivity contribution in [2.45, 2.75) is 20.8 Å². The number of benzene rings is 1. The van der Waals surface area contributed by atoms with Gasteiger partial charge in [0.15, 0.2) is 0 Å². The Balaban J connectivity index is 3.13. The van der Waals surface area contributed by atoms with E-state index in [4.69, 9.17) is 11.6 Å². The van der Waals surface area contributed by atoms with Crippen LogP contribution in [0.25, 0.3) is 6.08 Å². The Morgan fingerprint density at radius 2 is 2.00 bits per heavy atom. The molecular weight excluding hydrogens is 192 g/mol. The zero-order chi connectivity index (χ0) is 10.7. The van der Waals surface area contributed by atoms with Crippen LogP contribution in [0.1, 0.15) is 23.6 Å². The van der Waals surface area contributed by atoms with Crippen LogP contribution in [0.4, 0.5) is 0 Å². The molecule has 0 atom stereocenters. The third-order valence-electron chi connectivity index (χ3n) is 2.23. The first-order valence-electron chi connectivity index (χ1n) is 4.61. The molecule has 0 N–H and O–H groups in total. The van der Waals surface area contributed by atoms with Crippen molar-refractivity contribution in [1.29, 1.82) is 0 Å². The average Bonchev–Trinajstić information content (AvgIpc) is 2.11. The van der Waals surface area contributed by atoms with E-state index in [-0.39, 0.29) is 0 Å². The molecule has 0 aromatic heterocycles. The molecule has 0 radical (unpaired) electrons. The third kappa shape index (κ3) is 2.74. The van der Waals surface area contributed by atoms with E-state index < -0.39 is 0 Å². The van der Waals surface area contributed by atoms with Crippen molar-refractivity contribution >= 4 is 17.7 Å². The Kier molecular flexibility index (Phi) is 3.54. The summed E-state index contributed by atoms with van der Waals surface area (Å²) in [7, 11) is 0. The Labute approximate surface area is 90.9 Å². The zero-order valence-corrected chi connectivity index (χ0v) is 9.65. The van der Waals surface area contributed by atoms with E-state index in [0.29, 0.717) is 5.03 Å². The fourth-order valence-corrected chi connectivity index (χ4v) is 1.28. The van der Waals surface area contributed by atoms with Crippen molar-refractivity contribution in [2.24, 2.45) is 0 Å². The van der Waals surface area contributed by atoms with Crippen molar-refractivity contribution in [3.05, 3.63) is 52.1 Å².